The van der Waals surface area contributed by atoms with E-state index in [0.717, 1.165) is 6.07 Å². The molecule has 2 aromatic rings. The zero-order chi connectivity index (χ0) is 15.6. The van der Waals surface area contributed by atoms with E-state index in [1.165, 1.54) is 18.2 Å². The highest BCUT2D eigenvalue weighted by atomic mass is 79.9. The van der Waals surface area contributed by atoms with Crippen molar-refractivity contribution in [3.05, 3.63) is 57.0 Å². The quantitative estimate of drug-likeness (QED) is 0.777. The van der Waals surface area contributed by atoms with E-state index in [4.69, 9.17) is 22.1 Å². The van der Waals surface area contributed by atoms with E-state index in [1.807, 2.05) is 0 Å². The van der Waals surface area contributed by atoms with Gasteiger partial charge in [-0.15, -0.1) is 0 Å². The van der Waals surface area contributed by atoms with Crippen molar-refractivity contribution < 1.29 is 17.9 Å². The van der Waals surface area contributed by atoms with E-state index in [9.17, 15) is 13.2 Å². The molecule has 2 N–H and O–H groups in total. The molecule has 7 heteroatoms. The van der Waals surface area contributed by atoms with Crippen molar-refractivity contribution >= 4 is 27.5 Å². The molecule has 0 saturated carbocycles. The largest absolute Gasteiger partial charge is 0.455 e. The van der Waals surface area contributed by atoms with E-state index in [0.29, 0.717) is 10.0 Å². The average Bonchev–Trinajstić information content (AvgIpc) is 2.41. The molecule has 0 saturated heterocycles. The standard InChI is InChI=1S/C14H10BrClF3NO/c15-9-2-4-13(11(16)6-9)21-12-3-1-8(7-20)5-10(12)14(17,18)19/h1-6H,7,20H2. The molecule has 2 rings (SSSR count). The topological polar surface area (TPSA) is 35.2 Å². The molecule has 0 heterocycles. The fourth-order valence-electron chi connectivity index (χ4n) is 1.69. The molecule has 0 radical (unpaired) electrons. The van der Waals surface area contributed by atoms with Gasteiger partial charge in [-0.2, -0.15) is 13.2 Å². The number of benzene rings is 2. The summed E-state index contributed by atoms with van der Waals surface area (Å²) in [5.74, 6) is -0.171. The summed E-state index contributed by atoms with van der Waals surface area (Å²) in [7, 11) is 0. The lowest BCUT2D eigenvalue weighted by Crippen LogP contribution is -2.09. The van der Waals surface area contributed by atoms with Gasteiger partial charge in [-0.25, -0.2) is 0 Å². The summed E-state index contributed by atoms with van der Waals surface area (Å²) in [4.78, 5) is 0. The number of ether oxygens (including phenoxy) is 1. The van der Waals surface area contributed by atoms with Gasteiger partial charge in [-0.1, -0.05) is 33.6 Å². The molecular weight excluding hydrogens is 371 g/mol. The van der Waals surface area contributed by atoms with Gasteiger partial charge in [-0.3, -0.25) is 0 Å². The van der Waals surface area contributed by atoms with Crippen LogP contribution in [0.4, 0.5) is 13.2 Å². The van der Waals surface area contributed by atoms with Gasteiger partial charge in [0.1, 0.15) is 11.5 Å². The number of rotatable bonds is 3. The first-order chi connectivity index (χ1) is 9.81. The van der Waals surface area contributed by atoms with E-state index in [2.05, 4.69) is 15.9 Å². The van der Waals surface area contributed by atoms with Crippen LogP contribution in [-0.2, 0) is 12.7 Å². The van der Waals surface area contributed by atoms with Crippen LogP contribution in [0.15, 0.2) is 40.9 Å². The Labute approximate surface area is 132 Å². The van der Waals surface area contributed by atoms with E-state index < -0.39 is 11.7 Å². The van der Waals surface area contributed by atoms with E-state index >= 15 is 0 Å². The van der Waals surface area contributed by atoms with Gasteiger partial charge in [-0.05, 0) is 35.9 Å². The molecule has 0 unspecified atom stereocenters. The molecule has 0 fully saturated rings. The van der Waals surface area contributed by atoms with Crippen LogP contribution in [-0.4, -0.2) is 0 Å². The van der Waals surface area contributed by atoms with Crippen molar-refractivity contribution in [2.45, 2.75) is 12.7 Å². The average molecular weight is 381 g/mol. The second-order valence-corrected chi connectivity index (χ2v) is 5.53. The predicted octanol–water partition coefficient (Wildman–Crippen LogP) is 5.37. The summed E-state index contributed by atoms with van der Waals surface area (Å²) in [6.07, 6.45) is -4.54. The summed E-state index contributed by atoms with van der Waals surface area (Å²) in [5.41, 5.74) is 4.86. The maximum absolute atomic E-state index is 13.1. The number of hydrogen-bond donors (Lipinski definition) is 1. The molecule has 0 aliphatic heterocycles. The lowest BCUT2D eigenvalue weighted by Gasteiger charge is -2.15. The number of alkyl halides is 3. The Kier molecular flexibility index (Phi) is 4.81. The molecule has 0 atom stereocenters. The summed E-state index contributed by atoms with van der Waals surface area (Å²) < 4.78 is 45.2. The number of hydrogen-bond acceptors (Lipinski definition) is 2. The van der Waals surface area contributed by atoms with Crippen molar-refractivity contribution in [2.75, 3.05) is 0 Å². The zero-order valence-electron chi connectivity index (χ0n) is 10.5. The minimum absolute atomic E-state index is 0.0163. The van der Waals surface area contributed by atoms with E-state index in [-0.39, 0.29) is 23.1 Å². The SMILES string of the molecule is NCc1ccc(Oc2ccc(Br)cc2Cl)c(C(F)(F)F)c1. The Hall–Kier alpha value is -1.24. The number of halogens is 5. The van der Waals surface area contributed by atoms with Crippen LogP contribution in [0.3, 0.4) is 0 Å². The van der Waals surface area contributed by atoms with Crippen LogP contribution in [0.2, 0.25) is 5.02 Å². The smallest absolute Gasteiger partial charge is 0.419 e. The fourth-order valence-corrected chi connectivity index (χ4v) is 2.40. The van der Waals surface area contributed by atoms with Gasteiger partial charge in [0, 0.05) is 11.0 Å². The maximum atomic E-state index is 13.1. The van der Waals surface area contributed by atoms with Crippen LogP contribution in [0.5, 0.6) is 11.5 Å². The van der Waals surface area contributed by atoms with E-state index in [1.54, 1.807) is 12.1 Å². The van der Waals surface area contributed by atoms with Crippen LogP contribution in [0.1, 0.15) is 11.1 Å². The molecule has 2 nitrogen and oxygen atoms in total. The monoisotopic (exact) mass is 379 g/mol. The van der Waals surface area contributed by atoms with Gasteiger partial charge >= 0.3 is 6.18 Å². The lowest BCUT2D eigenvalue weighted by molar-refractivity contribution is -0.138. The third-order valence-corrected chi connectivity index (χ3v) is 3.49. The van der Waals surface area contributed by atoms with Gasteiger partial charge < -0.3 is 10.5 Å². The molecule has 0 bridgehead atoms. The Morgan fingerprint density at radius 1 is 1.10 bits per heavy atom. The van der Waals surface area contributed by atoms with Crippen molar-refractivity contribution in [3.8, 4) is 11.5 Å². The first-order valence-electron chi connectivity index (χ1n) is 5.84. The fraction of sp³-hybridized carbons (Fsp3) is 0.143. The van der Waals surface area contributed by atoms with Gasteiger partial charge in [0.2, 0.25) is 0 Å². The van der Waals surface area contributed by atoms with Crippen molar-refractivity contribution in [2.24, 2.45) is 5.73 Å². The van der Waals surface area contributed by atoms with Gasteiger partial charge in [0.25, 0.3) is 0 Å². The van der Waals surface area contributed by atoms with Crippen LogP contribution in [0.25, 0.3) is 0 Å². The summed E-state index contributed by atoms with van der Waals surface area (Å²) in [5, 5.41) is 0.209. The first kappa shape index (κ1) is 16.1. The molecular formula is C14H10BrClF3NO. The highest BCUT2D eigenvalue weighted by Crippen LogP contribution is 2.40. The normalized spacial score (nSPS) is 11.5. The number of nitrogens with two attached hydrogens (primary N) is 1. The maximum Gasteiger partial charge on any atom is 0.419 e. The molecule has 0 aromatic heterocycles. The molecule has 2 aromatic carbocycles. The minimum atomic E-state index is -4.54. The molecule has 0 aliphatic carbocycles. The second kappa shape index (κ2) is 6.25. The van der Waals surface area contributed by atoms with Crippen LogP contribution >= 0.6 is 27.5 Å². The second-order valence-electron chi connectivity index (χ2n) is 4.21. The van der Waals surface area contributed by atoms with Crippen LogP contribution in [0, 0.1) is 0 Å². The van der Waals surface area contributed by atoms with Crippen LogP contribution < -0.4 is 10.5 Å². The molecule has 0 aliphatic rings. The summed E-state index contributed by atoms with van der Waals surface area (Å²) in [6, 6.07) is 8.35. The van der Waals surface area contributed by atoms with Gasteiger partial charge in [0.05, 0.1) is 10.6 Å². The Morgan fingerprint density at radius 3 is 2.33 bits per heavy atom. The lowest BCUT2D eigenvalue weighted by atomic mass is 10.1. The van der Waals surface area contributed by atoms with Crippen molar-refractivity contribution in [3.63, 3.8) is 0 Å². The predicted molar refractivity (Wildman–Crippen MR) is 78.6 cm³/mol. The Morgan fingerprint density at radius 2 is 1.76 bits per heavy atom. The highest BCUT2D eigenvalue weighted by molar-refractivity contribution is 9.10. The summed E-state index contributed by atoms with van der Waals surface area (Å²) >= 11 is 9.16. The summed E-state index contributed by atoms with van der Waals surface area (Å²) in [6.45, 7) is 0.0163. The van der Waals surface area contributed by atoms with Crippen molar-refractivity contribution in [1.82, 2.24) is 0 Å². The third-order valence-electron chi connectivity index (χ3n) is 2.70. The molecule has 0 spiro atoms. The molecule has 112 valence electrons. The molecule has 0 amide bonds. The minimum Gasteiger partial charge on any atom is -0.455 e. The van der Waals surface area contributed by atoms with Crippen molar-refractivity contribution in [1.29, 1.82) is 0 Å². The highest BCUT2D eigenvalue weighted by Gasteiger charge is 2.35. The molecule has 21 heavy (non-hydrogen) atoms. The zero-order valence-corrected chi connectivity index (χ0v) is 12.9. The Bertz CT molecular complexity index is 661. The third kappa shape index (κ3) is 3.90. The van der Waals surface area contributed by atoms with Gasteiger partial charge in [0.15, 0.2) is 0 Å². The first-order valence-corrected chi connectivity index (χ1v) is 7.01. The Balaban J connectivity index is 2.44.